The lowest BCUT2D eigenvalue weighted by Gasteiger charge is -2.34. The van der Waals surface area contributed by atoms with Crippen molar-refractivity contribution in [2.24, 2.45) is 11.7 Å². The van der Waals surface area contributed by atoms with Crippen LogP contribution < -0.4 is 11.1 Å². The molecule has 110 valence electrons. The maximum atomic E-state index is 12.3. The molecule has 3 N–H and O–H groups in total. The Morgan fingerprint density at radius 1 is 1.45 bits per heavy atom. The molecule has 0 aromatic heterocycles. The van der Waals surface area contributed by atoms with Crippen LogP contribution in [0.15, 0.2) is 24.3 Å². The number of nitrogens with zero attached hydrogens (tertiary/aromatic N) is 1. The molecule has 0 spiro atoms. The van der Waals surface area contributed by atoms with E-state index in [-0.39, 0.29) is 11.9 Å². The first-order valence-corrected chi connectivity index (χ1v) is 7.44. The van der Waals surface area contributed by atoms with E-state index in [1.165, 1.54) is 12.8 Å². The highest BCUT2D eigenvalue weighted by molar-refractivity contribution is 5.94. The SMILES string of the molecule is CC1CCN(C(C)C(=O)Nc2cccc(CN)c2)CC1. The zero-order chi connectivity index (χ0) is 14.5. The molecular weight excluding hydrogens is 250 g/mol. The third kappa shape index (κ3) is 3.81. The average molecular weight is 275 g/mol. The van der Waals surface area contributed by atoms with Gasteiger partial charge >= 0.3 is 0 Å². The van der Waals surface area contributed by atoms with Crippen LogP contribution in [-0.2, 0) is 11.3 Å². The number of nitrogens with one attached hydrogen (secondary N) is 1. The van der Waals surface area contributed by atoms with E-state index in [9.17, 15) is 4.79 Å². The fraction of sp³-hybridized carbons (Fsp3) is 0.562. The van der Waals surface area contributed by atoms with Crippen molar-refractivity contribution >= 4 is 11.6 Å². The van der Waals surface area contributed by atoms with Crippen molar-refractivity contribution in [2.75, 3.05) is 18.4 Å². The lowest BCUT2D eigenvalue weighted by Crippen LogP contribution is -2.45. The van der Waals surface area contributed by atoms with E-state index in [4.69, 9.17) is 5.73 Å². The monoisotopic (exact) mass is 275 g/mol. The minimum Gasteiger partial charge on any atom is -0.326 e. The fourth-order valence-electron chi connectivity index (χ4n) is 2.60. The molecule has 2 rings (SSSR count). The molecule has 1 aromatic rings. The molecule has 1 aromatic carbocycles. The molecule has 1 saturated heterocycles. The first kappa shape index (κ1) is 15.0. The van der Waals surface area contributed by atoms with Crippen LogP contribution in [0.4, 0.5) is 5.69 Å². The van der Waals surface area contributed by atoms with Crippen molar-refractivity contribution in [3.05, 3.63) is 29.8 Å². The van der Waals surface area contributed by atoms with Crippen molar-refractivity contribution in [1.82, 2.24) is 4.90 Å². The fourth-order valence-corrected chi connectivity index (χ4v) is 2.60. The number of hydrogen-bond acceptors (Lipinski definition) is 3. The van der Waals surface area contributed by atoms with Gasteiger partial charge in [0.15, 0.2) is 0 Å². The molecule has 1 aliphatic rings. The van der Waals surface area contributed by atoms with E-state index >= 15 is 0 Å². The Morgan fingerprint density at radius 2 is 2.15 bits per heavy atom. The molecule has 1 unspecified atom stereocenters. The maximum Gasteiger partial charge on any atom is 0.241 e. The Labute approximate surface area is 121 Å². The Balaban J connectivity index is 1.93. The lowest BCUT2D eigenvalue weighted by atomic mass is 9.98. The number of likely N-dealkylation sites (tertiary alicyclic amines) is 1. The summed E-state index contributed by atoms with van der Waals surface area (Å²) in [5.74, 6) is 0.844. The second-order valence-electron chi connectivity index (χ2n) is 5.79. The van der Waals surface area contributed by atoms with Crippen LogP contribution in [-0.4, -0.2) is 29.9 Å². The van der Waals surface area contributed by atoms with Gasteiger partial charge in [0, 0.05) is 12.2 Å². The summed E-state index contributed by atoms with van der Waals surface area (Å²) in [5.41, 5.74) is 7.48. The number of amides is 1. The number of hydrogen-bond donors (Lipinski definition) is 2. The lowest BCUT2D eigenvalue weighted by molar-refractivity contribution is -0.121. The van der Waals surface area contributed by atoms with Gasteiger partial charge in [0.25, 0.3) is 0 Å². The van der Waals surface area contributed by atoms with E-state index in [0.29, 0.717) is 6.54 Å². The summed E-state index contributed by atoms with van der Waals surface area (Å²) in [5, 5.41) is 2.99. The van der Waals surface area contributed by atoms with Gasteiger partial charge in [0.2, 0.25) is 5.91 Å². The van der Waals surface area contributed by atoms with Gasteiger partial charge < -0.3 is 11.1 Å². The molecule has 0 bridgehead atoms. The maximum absolute atomic E-state index is 12.3. The van der Waals surface area contributed by atoms with Crippen LogP contribution in [0.2, 0.25) is 0 Å². The van der Waals surface area contributed by atoms with Crippen LogP contribution in [0.1, 0.15) is 32.3 Å². The first-order valence-electron chi connectivity index (χ1n) is 7.44. The van der Waals surface area contributed by atoms with Gasteiger partial charge in [-0.1, -0.05) is 19.1 Å². The Morgan fingerprint density at radius 3 is 2.80 bits per heavy atom. The molecule has 1 amide bonds. The molecule has 1 atom stereocenters. The zero-order valence-corrected chi connectivity index (χ0v) is 12.4. The molecule has 1 heterocycles. The number of rotatable bonds is 4. The number of nitrogens with two attached hydrogens (primary N) is 1. The number of anilines is 1. The molecule has 0 radical (unpaired) electrons. The van der Waals surface area contributed by atoms with E-state index in [0.717, 1.165) is 30.3 Å². The Kier molecular flexibility index (Phi) is 5.15. The summed E-state index contributed by atoms with van der Waals surface area (Å²) in [7, 11) is 0. The van der Waals surface area contributed by atoms with E-state index < -0.39 is 0 Å². The Bertz CT molecular complexity index is 453. The molecule has 1 fully saturated rings. The van der Waals surface area contributed by atoms with Gasteiger partial charge in [0.1, 0.15) is 0 Å². The molecular formula is C16H25N3O. The normalized spacial score (nSPS) is 18.8. The Hall–Kier alpha value is -1.39. The highest BCUT2D eigenvalue weighted by Gasteiger charge is 2.24. The molecule has 20 heavy (non-hydrogen) atoms. The van der Waals surface area contributed by atoms with Gasteiger partial charge in [-0.05, 0) is 56.5 Å². The predicted molar refractivity (Wildman–Crippen MR) is 82.4 cm³/mol. The van der Waals surface area contributed by atoms with Crippen LogP contribution in [0, 0.1) is 5.92 Å². The molecule has 1 aliphatic heterocycles. The average Bonchev–Trinajstić information content (AvgIpc) is 2.47. The molecule has 0 aliphatic carbocycles. The van der Waals surface area contributed by atoms with Crippen LogP contribution in [0.5, 0.6) is 0 Å². The quantitative estimate of drug-likeness (QED) is 0.885. The van der Waals surface area contributed by atoms with Gasteiger partial charge in [0.05, 0.1) is 6.04 Å². The number of carbonyl (C=O) groups excluding carboxylic acids is 1. The minimum atomic E-state index is -0.0796. The third-order valence-electron chi connectivity index (χ3n) is 4.18. The van der Waals surface area contributed by atoms with E-state index in [1.54, 1.807) is 0 Å². The van der Waals surface area contributed by atoms with Crippen molar-refractivity contribution in [2.45, 2.75) is 39.3 Å². The number of carbonyl (C=O) groups is 1. The smallest absolute Gasteiger partial charge is 0.241 e. The molecule has 4 nitrogen and oxygen atoms in total. The van der Waals surface area contributed by atoms with Crippen LogP contribution in [0.3, 0.4) is 0 Å². The second kappa shape index (κ2) is 6.86. The van der Waals surface area contributed by atoms with Gasteiger partial charge in [-0.25, -0.2) is 0 Å². The molecule has 4 heteroatoms. The third-order valence-corrected chi connectivity index (χ3v) is 4.18. The summed E-state index contributed by atoms with van der Waals surface area (Å²) < 4.78 is 0. The highest BCUT2D eigenvalue weighted by Crippen LogP contribution is 2.19. The summed E-state index contributed by atoms with van der Waals surface area (Å²) >= 11 is 0. The summed E-state index contributed by atoms with van der Waals surface area (Å²) in [6.07, 6.45) is 2.36. The number of piperidine rings is 1. The number of benzene rings is 1. The van der Waals surface area contributed by atoms with Crippen molar-refractivity contribution < 1.29 is 4.79 Å². The highest BCUT2D eigenvalue weighted by atomic mass is 16.2. The van der Waals surface area contributed by atoms with Crippen molar-refractivity contribution in [3.63, 3.8) is 0 Å². The van der Waals surface area contributed by atoms with Gasteiger partial charge in [-0.15, -0.1) is 0 Å². The topological polar surface area (TPSA) is 58.4 Å². The summed E-state index contributed by atoms with van der Waals surface area (Å²) in [6.45, 7) is 6.78. The standard InChI is InChI=1S/C16H25N3O/c1-12-6-8-19(9-7-12)13(2)16(20)18-15-5-3-4-14(10-15)11-17/h3-5,10,12-13H,6-9,11,17H2,1-2H3,(H,18,20). The van der Waals surface area contributed by atoms with E-state index in [2.05, 4.69) is 17.1 Å². The van der Waals surface area contributed by atoms with Gasteiger partial charge in [-0.3, -0.25) is 9.69 Å². The summed E-state index contributed by atoms with van der Waals surface area (Å²) in [4.78, 5) is 14.6. The van der Waals surface area contributed by atoms with Gasteiger partial charge in [-0.2, -0.15) is 0 Å². The summed E-state index contributed by atoms with van der Waals surface area (Å²) in [6, 6.07) is 7.64. The first-order chi connectivity index (χ1) is 9.60. The van der Waals surface area contributed by atoms with Crippen molar-refractivity contribution in [1.29, 1.82) is 0 Å². The van der Waals surface area contributed by atoms with Crippen molar-refractivity contribution in [3.8, 4) is 0 Å². The predicted octanol–water partition coefficient (Wildman–Crippen LogP) is 2.20. The van der Waals surface area contributed by atoms with E-state index in [1.807, 2.05) is 31.2 Å². The largest absolute Gasteiger partial charge is 0.326 e. The second-order valence-corrected chi connectivity index (χ2v) is 5.79. The minimum absolute atomic E-state index is 0.0636. The zero-order valence-electron chi connectivity index (χ0n) is 12.4. The molecule has 0 saturated carbocycles. The van der Waals surface area contributed by atoms with Crippen LogP contribution in [0.25, 0.3) is 0 Å². The van der Waals surface area contributed by atoms with Crippen LogP contribution >= 0.6 is 0 Å².